The van der Waals surface area contributed by atoms with Gasteiger partial charge in [0.15, 0.2) is 0 Å². The molecule has 1 amide bonds. The lowest BCUT2D eigenvalue weighted by molar-refractivity contribution is -0.122. The van der Waals surface area contributed by atoms with Crippen LogP contribution in [0, 0.1) is 12.8 Å². The number of aryl methyl sites for hydroxylation is 1. The Labute approximate surface area is 179 Å². The highest BCUT2D eigenvalue weighted by Crippen LogP contribution is 2.36. The molecule has 3 aromatic rings. The third kappa shape index (κ3) is 3.34. The van der Waals surface area contributed by atoms with E-state index in [9.17, 15) is 13.2 Å². The molecule has 154 valence electrons. The van der Waals surface area contributed by atoms with E-state index in [0.29, 0.717) is 25.1 Å². The zero-order chi connectivity index (χ0) is 21.0. The average Bonchev–Trinajstić information content (AvgIpc) is 3.43. The maximum absolute atomic E-state index is 13.3. The van der Waals surface area contributed by atoms with Crippen LogP contribution in [0.1, 0.15) is 22.4 Å². The molecule has 0 spiro atoms. The molecule has 30 heavy (non-hydrogen) atoms. The Bertz CT molecular complexity index is 1280. The minimum Gasteiger partial charge on any atom is -0.312 e. The fourth-order valence-electron chi connectivity index (χ4n) is 4.40. The molecule has 1 aliphatic heterocycles. The largest absolute Gasteiger partial charge is 0.312 e. The van der Waals surface area contributed by atoms with Crippen molar-refractivity contribution in [2.45, 2.75) is 31.1 Å². The molecule has 0 bridgehead atoms. The van der Waals surface area contributed by atoms with Crippen LogP contribution < -0.4 is 10.0 Å². The number of carbonyl (C=O) groups is 1. The Morgan fingerprint density at radius 2 is 1.90 bits per heavy atom. The Balaban J connectivity index is 1.39. The van der Waals surface area contributed by atoms with Crippen LogP contribution in [-0.2, 0) is 34.1 Å². The van der Waals surface area contributed by atoms with Gasteiger partial charge in [-0.15, -0.1) is 11.3 Å². The summed E-state index contributed by atoms with van der Waals surface area (Å²) >= 11 is 1.63. The van der Waals surface area contributed by atoms with E-state index in [0.717, 1.165) is 28.2 Å². The van der Waals surface area contributed by atoms with Crippen molar-refractivity contribution in [2.75, 3.05) is 11.4 Å². The molecule has 2 N–H and O–H groups in total. The van der Waals surface area contributed by atoms with Gasteiger partial charge in [0, 0.05) is 34.8 Å². The monoisotopic (exact) mass is 439 g/mol. The first-order valence-electron chi connectivity index (χ1n) is 9.81. The number of sulfonamides is 1. The van der Waals surface area contributed by atoms with Gasteiger partial charge in [-0.2, -0.15) is 0 Å². The molecule has 1 aromatic heterocycles. The van der Waals surface area contributed by atoms with E-state index in [-0.39, 0.29) is 16.7 Å². The molecule has 1 unspecified atom stereocenters. The zero-order valence-corrected chi connectivity index (χ0v) is 18.1. The summed E-state index contributed by atoms with van der Waals surface area (Å²) in [5, 5.41) is 8.31. The predicted octanol–water partition coefficient (Wildman–Crippen LogP) is 3.07. The normalized spacial score (nSPS) is 17.8. The summed E-state index contributed by atoms with van der Waals surface area (Å²) in [4.78, 5) is 19.7. The third-order valence-electron chi connectivity index (χ3n) is 5.90. The number of nitrogens with two attached hydrogens (primary N) is 1. The highest BCUT2D eigenvalue weighted by molar-refractivity contribution is 7.89. The Hall–Kier alpha value is -2.55. The van der Waals surface area contributed by atoms with Crippen molar-refractivity contribution >= 4 is 33.0 Å². The van der Waals surface area contributed by atoms with Crippen LogP contribution in [0.5, 0.6) is 0 Å². The van der Waals surface area contributed by atoms with Crippen molar-refractivity contribution in [3.63, 3.8) is 0 Å². The second kappa shape index (κ2) is 7.01. The van der Waals surface area contributed by atoms with E-state index in [2.05, 4.69) is 23.2 Å². The maximum atomic E-state index is 13.3. The lowest BCUT2D eigenvalue weighted by Crippen LogP contribution is -2.35. The molecule has 2 aliphatic rings. The number of nitrogens with zero attached hydrogens (tertiary/aromatic N) is 2. The van der Waals surface area contributed by atoms with Crippen LogP contribution in [0.15, 0.2) is 46.7 Å². The molecule has 0 saturated carbocycles. The molecule has 0 radical (unpaired) electrons. The van der Waals surface area contributed by atoms with Crippen molar-refractivity contribution in [2.24, 2.45) is 11.1 Å². The number of thiazole rings is 1. The highest BCUT2D eigenvalue weighted by Gasteiger charge is 2.34. The minimum atomic E-state index is -3.81. The summed E-state index contributed by atoms with van der Waals surface area (Å²) < 4.78 is 23.5. The summed E-state index contributed by atoms with van der Waals surface area (Å²) in [6.45, 7) is 2.55. The molecule has 1 aliphatic carbocycles. The van der Waals surface area contributed by atoms with Gasteiger partial charge in [0.25, 0.3) is 0 Å². The van der Waals surface area contributed by atoms with Crippen molar-refractivity contribution in [3.05, 3.63) is 64.2 Å². The second-order valence-corrected chi connectivity index (χ2v) is 10.4. The Morgan fingerprint density at radius 1 is 1.13 bits per heavy atom. The smallest absolute Gasteiger partial charge is 0.238 e. The van der Waals surface area contributed by atoms with Gasteiger partial charge in [0.2, 0.25) is 15.9 Å². The Kier molecular flexibility index (Phi) is 4.53. The molecule has 0 saturated heterocycles. The lowest BCUT2D eigenvalue weighted by atomic mass is 10.0. The van der Waals surface area contributed by atoms with Crippen LogP contribution in [0.2, 0.25) is 0 Å². The number of benzene rings is 2. The van der Waals surface area contributed by atoms with Gasteiger partial charge in [-0.25, -0.2) is 18.5 Å². The fraction of sp³-hybridized carbons (Fsp3) is 0.273. The van der Waals surface area contributed by atoms with Crippen LogP contribution >= 0.6 is 11.3 Å². The number of anilines is 1. The number of hydrogen-bond acceptors (Lipinski definition) is 5. The average molecular weight is 440 g/mol. The summed E-state index contributed by atoms with van der Waals surface area (Å²) in [6, 6.07) is 11.1. The van der Waals surface area contributed by atoms with Gasteiger partial charge in [-0.3, -0.25) is 4.79 Å². The van der Waals surface area contributed by atoms with Crippen LogP contribution in [0.25, 0.3) is 10.6 Å². The number of amides is 1. The summed E-state index contributed by atoms with van der Waals surface area (Å²) in [6.07, 6.45) is 2.11. The molecule has 2 heterocycles. The van der Waals surface area contributed by atoms with Gasteiger partial charge < -0.3 is 4.90 Å². The first kappa shape index (κ1) is 19.4. The molecule has 6 nitrogen and oxygen atoms in total. The third-order valence-corrected chi connectivity index (χ3v) is 7.82. The molecular weight excluding hydrogens is 418 g/mol. The second-order valence-electron chi connectivity index (χ2n) is 7.96. The van der Waals surface area contributed by atoms with E-state index in [1.54, 1.807) is 22.3 Å². The molecule has 0 fully saturated rings. The quantitative estimate of drug-likeness (QED) is 0.679. The molecule has 5 rings (SSSR count). The number of fused-ring (bicyclic) bond motifs is 2. The lowest BCUT2D eigenvalue weighted by Gasteiger charge is -2.21. The van der Waals surface area contributed by atoms with Crippen LogP contribution in [0.3, 0.4) is 0 Å². The minimum absolute atomic E-state index is 0.0408. The van der Waals surface area contributed by atoms with Crippen LogP contribution in [-0.4, -0.2) is 25.9 Å². The first-order chi connectivity index (χ1) is 14.3. The van der Waals surface area contributed by atoms with Crippen LogP contribution in [0.4, 0.5) is 5.69 Å². The van der Waals surface area contributed by atoms with Crippen molar-refractivity contribution in [1.29, 1.82) is 0 Å². The van der Waals surface area contributed by atoms with E-state index >= 15 is 0 Å². The standard InChI is InChI=1S/C22H21N3O3S2/c1-13-12-29-21(24-13)16-3-2-15-8-18(10-17(15)9-16)22(26)25-7-6-14-4-5-19(11-20(14)25)30(23,27)28/h2-5,9,11-12,18H,6-8,10H2,1H3,(H2,23,27,28). The molecular formula is C22H21N3O3S2. The van der Waals surface area contributed by atoms with Gasteiger partial charge in [-0.05, 0) is 61.1 Å². The summed E-state index contributed by atoms with van der Waals surface area (Å²) in [5.41, 5.74) is 6.13. The van der Waals surface area contributed by atoms with E-state index in [4.69, 9.17) is 5.14 Å². The zero-order valence-electron chi connectivity index (χ0n) is 16.5. The topological polar surface area (TPSA) is 93.4 Å². The number of hydrogen-bond donors (Lipinski definition) is 1. The van der Waals surface area contributed by atoms with Gasteiger partial charge in [-0.1, -0.05) is 18.2 Å². The number of primary sulfonamides is 1. The Morgan fingerprint density at radius 3 is 2.63 bits per heavy atom. The van der Waals surface area contributed by atoms with Gasteiger partial charge >= 0.3 is 0 Å². The van der Waals surface area contributed by atoms with E-state index < -0.39 is 10.0 Å². The first-order valence-corrected chi connectivity index (χ1v) is 12.2. The highest BCUT2D eigenvalue weighted by atomic mass is 32.2. The SMILES string of the molecule is Cc1csc(-c2ccc3c(c2)CC(C(=O)N2CCc4ccc(S(N)(=O)=O)cc42)C3)n1. The fourth-order valence-corrected chi connectivity index (χ4v) is 5.73. The summed E-state index contributed by atoms with van der Waals surface area (Å²) in [7, 11) is -3.81. The van der Waals surface area contributed by atoms with Crippen molar-refractivity contribution in [3.8, 4) is 10.6 Å². The predicted molar refractivity (Wildman–Crippen MR) is 117 cm³/mol. The van der Waals surface area contributed by atoms with Gasteiger partial charge in [0.05, 0.1) is 4.90 Å². The number of rotatable bonds is 3. The number of aromatic nitrogens is 1. The van der Waals surface area contributed by atoms with Crippen molar-refractivity contribution < 1.29 is 13.2 Å². The molecule has 2 aromatic carbocycles. The van der Waals surface area contributed by atoms with Gasteiger partial charge in [0.1, 0.15) is 5.01 Å². The maximum Gasteiger partial charge on any atom is 0.238 e. The molecule has 8 heteroatoms. The number of carbonyl (C=O) groups excluding carboxylic acids is 1. The van der Waals surface area contributed by atoms with E-state index in [1.165, 1.54) is 23.3 Å². The van der Waals surface area contributed by atoms with Crippen molar-refractivity contribution in [1.82, 2.24) is 4.98 Å². The summed E-state index contributed by atoms with van der Waals surface area (Å²) in [5.74, 6) is -0.0967. The van der Waals surface area contributed by atoms with E-state index in [1.807, 2.05) is 12.3 Å². The molecule has 1 atom stereocenters.